The van der Waals surface area contributed by atoms with E-state index in [1.165, 1.54) is 26.2 Å². The zero-order valence-electron chi connectivity index (χ0n) is 15.7. The molecule has 2 amide bonds. The second kappa shape index (κ2) is 9.83. The van der Waals surface area contributed by atoms with Crippen molar-refractivity contribution in [2.45, 2.75) is 13.0 Å². The van der Waals surface area contributed by atoms with Gasteiger partial charge in [-0.25, -0.2) is 4.79 Å². The van der Waals surface area contributed by atoms with Crippen LogP contribution >= 0.6 is 0 Å². The third kappa shape index (κ3) is 6.03. The fourth-order valence-corrected chi connectivity index (χ4v) is 2.27. The highest BCUT2D eigenvalue weighted by atomic mass is 16.6. The maximum Gasteiger partial charge on any atom is 0.328 e. The molecule has 2 aromatic carbocycles. The van der Waals surface area contributed by atoms with Crippen LogP contribution in [0, 0.1) is 10.1 Å². The quantitative estimate of drug-likeness (QED) is 0.391. The highest BCUT2D eigenvalue weighted by Crippen LogP contribution is 2.28. The Bertz CT molecular complexity index is 915. The molecule has 0 bridgehead atoms. The summed E-state index contributed by atoms with van der Waals surface area (Å²) in [5, 5.41) is 15.9. The summed E-state index contributed by atoms with van der Waals surface area (Å²) in [6, 6.07) is 11.2. The monoisotopic (exact) mass is 401 g/mol. The smallest absolute Gasteiger partial charge is 0.328 e. The fraction of sp³-hybridized carbons (Fsp3) is 0.211. The normalized spacial score (nSPS) is 11.1. The number of amides is 2. The number of carbonyl (C=O) groups excluding carboxylic acids is 3. The molecule has 0 aromatic heterocycles. The molecule has 10 nitrogen and oxygen atoms in total. The van der Waals surface area contributed by atoms with Gasteiger partial charge in [0.05, 0.1) is 18.1 Å². The molecule has 0 aliphatic heterocycles. The molecule has 1 atom stereocenters. The van der Waals surface area contributed by atoms with Crippen molar-refractivity contribution in [2.75, 3.05) is 19.0 Å². The summed E-state index contributed by atoms with van der Waals surface area (Å²) in [5.41, 5.74) is -0.0634. The Kier molecular flexibility index (Phi) is 7.24. The van der Waals surface area contributed by atoms with Gasteiger partial charge < -0.3 is 20.1 Å². The van der Waals surface area contributed by atoms with Crippen LogP contribution in [-0.4, -0.2) is 42.5 Å². The second-order valence-electron chi connectivity index (χ2n) is 5.86. The first kappa shape index (κ1) is 21.4. The molecule has 0 saturated heterocycles. The molecule has 0 heterocycles. The van der Waals surface area contributed by atoms with Gasteiger partial charge in [-0.1, -0.05) is 18.2 Å². The van der Waals surface area contributed by atoms with Gasteiger partial charge in [-0.05, 0) is 31.2 Å². The number of benzene rings is 2. The van der Waals surface area contributed by atoms with Gasteiger partial charge >= 0.3 is 5.97 Å². The largest absolute Gasteiger partial charge is 0.496 e. The second-order valence-corrected chi connectivity index (χ2v) is 5.86. The van der Waals surface area contributed by atoms with Gasteiger partial charge in [-0.3, -0.25) is 19.7 Å². The van der Waals surface area contributed by atoms with Crippen LogP contribution in [0.25, 0.3) is 0 Å². The van der Waals surface area contributed by atoms with Crippen LogP contribution in [-0.2, 0) is 14.3 Å². The van der Waals surface area contributed by atoms with E-state index in [0.717, 1.165) is 6.07 Å². The molecule has 29 heavy (non-hydrogen) atoms. The Morgan fingerprint density at radius 2 is 1.83 bits per heavy atom. The molecule has 2 rings (SSSR count). The summed E-state index contributed by atoms with van der Waals surface area (Å²) in [6.45, 7) is 0.739. The average molecular weight is 401 g/mol. The molecule has 152 valence electrons. The Labute approximate surface area is 166 Å². The number of anilines is 1. The zero-order valence-corrected chi connectivity index (χ0v) is 15.7. The number of nitro groups is 1. The molecule has 0 saturated carbocycles. The summed E-state index contributed by atoms with van der Waals surface area (Å²) >= 11 is 0. The van der Waals surface area contributed by atoms with E-state index in [2.05, 4.69) is 10.6 Å². The minimum atomic E-state index is -0.995. The van der Waals surface area contributed by atoms with Gasteiger partial charge in [-0.2, -0.15) is 0 Å². The number of nitrogens with zero attached hydrogens (tertiary/aromatic N) is 1. The number of nitro benzene ring substituents is 1. The van der Waals surface area contributed by atoms with E-state index < -0.39 is 35.4 Å². The lowest BCUT2D eigenvalue weighted by atomic mass is 10.2. The van der Waals surface area contributed by atoms with Crippen molar-refractivity contribution in [2.24, 2.45) is 0 Å². The van der Waals surface area contributed by atoms with E-state index in [1.54, 1.807) is 30.3 Å². The van der Waals surface area contributed by atoms with E-state index in [4.69, 9.17) is 9.47 Å². The lowest BCUT2D eigenvalue weighted by molar-refractivity contribution is -0.384. The van der Waals surface area contributed by atoms with E-state index in [9.17, 15) is 24.5 Å². The van der Waals surface area contributed by atoms with Gasteiger partial charge in [0.15, 0.2) is 6.61 Å². The number of methoxy groups -OCH3 is 1. The van der Waals surface area contributed by atoms with Crippen molar-refractivity contribution in [3.63, 3.8) is 0 Å². The van der Waals surface area contributed by atoms with Crippen molar-refractivity contribution < 1.29 is 28.8 Å². The van der Waals surface area contributed by atoms with Gasteiger partial charge in [0.2, 0.25) is 0 Å². The maximum absolute atomic E-state index is 12.0. The van der Waals surface area contributed by atoms with Crippen LogP contribution in [0.15, 0.2) is 48.5 Å². The molecule has 0 radical (unpaired) electrons. The minimum Gasteiger partial charge on any atom is -0.496 e. The van der Waals surface area contributed by atoms with Crippen molar-refractivity contribution in [3.05, 3.63) is 64.2 Å². The molecule has 0 aliphatic carbocycles. The summed E-state index contributed by atoms with van der Waals surface area (Å²) in [6.07, 6.45) is 0. The molecular weight excluding hydrogens is 382 g/mol. The average Bonchev–Trinajstić information content (AvgIpc) is 2.72. The molecule has 0 aliphatic rings. The van der Waals surface area contributed by atoms with Crippen LogP contribution in [0.3, 0.4) is 0 Å². The summed E-state index contributed by atoms with van der Waals surface area (Å²) in [7, 11) is 1.36. The zero-order chi connectivity index (χ0) is 21.4. The third-order valence-corrected chi connectivity index (χ3v) is 3.76. The van der Waals surface area contributed by atoms with E-state index in [1.807, 2.05) is 0 Å². The van der Waals surface area contributed by atoms with Crippen molar-refractivity contribution in [1.82, 2.24) is 5.32 Å². The number of nitrogens with one attached hydrogen (secondary N) is 2. The molecular formula is C19H19N3O7. The number of esters is 1. The van der Waals surface area contributed by atoms with Crippen LogP contribution in [0.2, 0.25) is 0 Å². The molecule has 0 fully saturated rings. The van der Waals surface area contributed by atoms with E-state index in [-0.39, 0.29) is 17.1 Å². The highest BCUT2D eigenvalue weighted by molar-refractivity contribution is 5.97. The Morgan fingerprint density at radius 3 is 2.45 bits per heavy atom. The van der Waals surface area contributed by atoms with Gasteiger partial charge in [-0.15, -0.1) is 0 Å². The summed E-state index contributed by atoms with van der Waals surface area (Å²) in [5.74, 6) is -1.81. The Hall–Kier alpha value is -3.95. The fourth-order valence-electron chi connectivity index (χ4n) is 2.27. The number of ether oxygens (including phenoxy) is 2. The lowest BCUT2D eigenvalue weighted by Crippen LogP contribution is -2.40. The van der Waals surface area contributed by atoms with Gasteiger partial charge in [0, 0.05) is 5.56 Å². The van der Waals surface area contributed by atoms with Crippen LogP contribution in [0.1, 0.15) is 17.3 Å². The predicted molar refractivity (Wildman–Crippen MR) is 103 cm³/mol. The predicted octanol–water partition coefficient (Wildman–Crippen LogP) is 1.90. The first-order chi connectivity index (χ1) is 13.8. The summed E-state index contributed by atoms with van der Waals surface area (Å²) in [4.78, 5) is 46.4. The number of hydrogen-bond acceptors (Lipinski definition) is 7. The first-order valence-electron chi connectivity index (χ1n) is 8.46. The van der Waals surface area contributed by atoms with Gasteiger partial charge in [0.1, 0.15) is 17.5 Å². The standard InChI is InChI=1S/C19H19N3O7/c1-12(20-18(24)13-6-4-3-5-7-13)19(25)29-11-17(23)21-15-9-8-14(28-2)10-16(15)22(26)27/h3-10,12H,11H2,1-2H3,(H,20,24)(H,21,23). The van der Waals surface area contributed by atoms with Crippen LogP contribution in [0.5, 0.6) is 5.75 Å². The number of rotatable bonds is 8. The van der Waals surface area contributed by atoms with Crippen molar-refractivity contribution in [3.8, 4) is 5.75 Å². The van der Waals surface area contributed by atoms with E-state index in [0.29, 0.717) is 5.56 Å². The van der Waals surface area contributed by atoms with Crippen LogP contribution < -0.4 is 15.4 Å². The molecule has 2 aromatic rings. The molecule has 10 heteroatoms. The minimum absolute atomic E-state index is 0.0673. The number of hydrogen-bond donors (Lipinski definition) is 2. The van der Waals surface area contributed by atoms with Crippen LogP contribution in [0.4, 0.5) is 11.4 Å². The van der Waals surface area contributed by atoms with Crippen molar-refractivity contribution >= 4 is 29.2 Å². The summed E-state index contributed by atoms with van der Waals surface area (Å²) < 4.78 is 9.77. The lowest BCUT2D eigenvalue weighted by Gasteiger charge is -2.13. The Balaban J connectivity index is 1.89. The molecule has 2 N–H and O–H groups in total. The SMILES string of the molecule is COc1ccc(NC(=O)COC(=O)C(C)NC(=O)c2ccccc2)c([N+](=O)[O-])c1. The third-order valence-electron chi connectivity index (χ3n) is 3.76. The highest BCUT2D eigenvalue weighted by Gasteiger charge is 2.21. The molecule has 1 unspecified atom stereocenters. The number of carbonyl (C=O) groups is 3. The maximum atomic E-state index is 12.0. The van der Waals surface area contributed by atoms with Gasteiger partial charge in [0.25, 0.3) is 17.5 Å². The Morgan fingerprint density at radius 1 is 1.14 bits per heavy atom. The van der Waals surface area contributed by atoms with Crippen molar-refractivity contribution in [1.29, 1.82) is 0 Å². The topological polar surface area (TPSA) is 137 Å². The molecule has 0 spiro atoms. The van der Waals surface area contributed by atoms with E-state index >= 15 is 0 Å². The first-order valence-corrected chi connectivity index (χ1v) is 8.46.